The lowest BCUT2D eigenvalue weighted by Crippen LogP contribution is -2.38. The molecule has 0 atom stereocenters. The molecule has 28 heavy (non-hydrogen) atoms. The molecule has 8 heteroatoms. The maximum Gasteiger partial charge on any atom is 0.255 e. The Morgan fingerprint density at radius 2 is 1.96 bits per heavy atom. The van der Waals surface area contributed by atoms with Crippen molar-refractivity contribution >= 4 is 49.8 Å². The van der Waals surface area contributed by atoms with E-state index < -0.39 is 10.0 Å². The Kier molecular flexibility index (Phi) is 4.81. The largest absolute Gasteiger partial charge is 0.350 e. The summed E-state index contributed by atoms with van der Waals surface area (Å²) >= 11 is 6.26. The molecule has 1 aliphatic rings. The number of rotatable bonds is 3. The number of aromatic nitrogens is 1. The number of aryl methyl sites for hydroxylation is 1. The van der Waals surface area contributed by atoms with Gasteiger partial charge in [0.2, 0.25) is 10.0 Å². The quantitative estimate of drug-likeness (QED) is 0.699. The zero-order valence-corrected chi connectivity index (χ0v) is 16.9. The molecular formula is C20H20ClN3O3S. The van der Waals surface area contributed by atoms with Gasteiger partial charge in [-0.3, -0.25) is 9.10 Å². The smallest absolute Gasteiger partial charge is 0.255 e. The van der Waals surface area contributed by atoms with Gasteiger partial charge >= 0.3 is 0 Å². The number of amides is 1. The van der Waals surface area contributed by atoms with Gasteiger partial charge in [0.1, 0.15) is 0 Å². The van der Waals surface area contributed by atoms with Crippen molar-refractivity contribution in [2.75, 3.05) is 21.9 Å². The third kappa shape index (κ3) is 3.36. The van der Waals surface area contributed by atoms with Gasteiger partial charge in [-0.05, 0) is 49.2 Å². The zero-order chi connectivity index (χ0) is 19.9. The van der Waals surface area contributed by atoms with Crippen LogP contribution in [-0.2, 0) is 17.1 Å². The first-order valence-corrected chi connectivity index (χ1v) is 11.0. The van der Waals surface area contributed by atoms with Gasteiger partial charge in [-0.2, -0.15) is 0 Å². The fraction of sp³-hybridized carbons (Fsp3) is 0.250. The van der Waals surface area contributed by atoms with Crippen molar-refractivity contribution in [3.63, 3.8) is 0 Å². The van der Waals surface area contributed by atoms with Crippen molar-refractivity contribution in [2.24, 2.45) is 7.05 Å². The summed E-state index contributed by atoms with van der Waals surface area (Å²) in [6, 6.07) is 12.4. The van der Waals surface area contributed by atoms with Gasteiger partial charge in [0.25, 0.3) is 5.91 Å². The summed E-state index contributed by atoms with van der Waals surface area (Å²) in [6.45, 7) is 0.371. The zero-order valence-electron chi connectivity index (χ0n) is 15.4. The number of hydrogen-bond donors (Lipinski definition) is 1. The van der Waals surface area contributed by atoms with E-state index in [1.54, 1.807) is 18.2 Å². The van der Waals surface area contributed by atoms with Crippen LogP contribution in [0.3, 0.4) is 0 Å². The first-order chi connectivity index (χ1) is 13.4. The van der Waals surface area contributed by atoms with Gasteiger partial charge in [0.15, 0.2) is 0 Å². The fourth-order valence-corrected chi connectivity index (χ4v) is 5.43. The number of nitrogens with one attached hydrogen (secondary N) is 1. The van der Waals surface area contributed by atoms with E-state index in [2.05, 4.69) is 5.32 Å². The molecule has 1 aliphatic heterocycles. The number of carbonyl (C=O) groups excluding carboxylic acids is 1. The molecule has 0 saturated carbocycles. The van der Waals surface area contributed by atoms with Crippen molar-refractivity contribution in [3.05, 3.63) is 59.2 Å². The van der Waals surface area contributed by atoms with Crippen LogP contribution < -0.4 is 9.62 Å². The van der Waals surface area contributed by atoms with E-state index in [1.807, 2.05) is 42.1 Å². The molecule has 0 spiro atoms. The van der Waals surface area contributed by atoms with Crippen molar-refractivity contribution in [1.29, 1.82) is 0 Å². The van der Waals surface area contributed by atoms with Crippen LogP contribution in [0.2, 0.25) is 5.02 Å². The highest BCUT2D eigenvalue weighted by atomic mass is 35.5. The van der Waals surface area contributed by atoms with Gasteiger partial charge in [0.05, 0.1) is 22.2 Å². The van der Waals surface area contributed by atoms with Gasteiger partial charge in [0, 0.05) is 36.3 Å². The maximum absolute atomic E-state index is 12.8. The molecule has 1 fully saturated rings. The normalized spacial score (nSPS) is 16.3. The summed E-state index contributed by atoms with van der Waals surface area (Å²) < 4.78 is 28.1. The second-order valence-electron chi connectivity index (χ2n) is 6.88. The summed E-state index contributed by atoms with van der Waals surface area (Å²) in [6.07, 6.45) is 3.33. The Labute approximate surface area is 168 Å². The standard InChI is InChI=1S/C20H20ClN3O3S/c1-23-11-9-15-17(5-4-6-18(15)23)22-20(25)14-7-8-16(21)19(13-14)24-10-2-3-12-28(24,26)27/h4-9,11,13H,2-3,10,12H2,1H3,(H,22,25). The molecule has 1 saturated heterocycles. The van der Waals surface area contributed by atoms with E-state index in [4.69, 9.17) is 11.6 Å². The second kappa shape index (κ2) is 7.14. The van der Waals surface area contributed by atoms with Crippen LogP contribution in [0.1, 0.15) is 23.2 Å². The molecule has 1 aromatic heterocycles. The molecule has 3 aromatic rings. The Bertz CT molecular complexity index is 1170. The van der Waals surface area contributed by atoms with E-state index in [0.29, 0.717) is 34.9 Å². The van der Waals surface area contributed by atoms with Crippen LogP contribution in [0.25, 0.3) is 10.9 Å². The van der Waals surface area contributed by atoms with Gasteiger partial charge < -0.3 is 9.88 Å². The topological polar surface area (TPSA) is 71.4 Å². The summed E-state index contributed by atoms with van der Waals surface area (Å²) in [5.41, 5.74) is 2.42. The Balaban J connectivity index is 1.67. The summed E-state index contributed by atoms with van der Waals surface area (Å²) in [7, 11) is -1.47. The van der Waals surface area contributed by atoms with Crippen LogP contribution in [0.15, 0.2) is 48.7 Å². The molecular weight excluding hydrogens is 398 g/mol. The van der Waals surface area contributed by atoms with E-state index in [1.165, 1.54) is 4.31 Å². The number of fused-ring (bicyclic) bond motifs is 1. The SMILES string of the molecule is Cn1ccc2c(NC(=O)c3ccc(Cl)c(N4CCCCS4(=O)=O)c3)cccc21. The third-order valence-corrected chi connectivity index (χ3v) is 7.18. The van der Waals surface area contributed by atoms with Crippen LogP contribution in [0.5, 0.6) is 0 Å². The maximum atomic E-state index is 12.8. The highest BCUT2D eigenvalue weighted by molar-refractivity contribution is 7.92. The minimum atomic E-state index is -3.41. The third-order valence-electron chi connectivity index (χ3n) is 5.00. The molecule has 0 unspecified atom stereocenters. The molecule has 1 N–H and O–H groups in total. The predicted molar refractivity (Wildman–Crippen MR) is 113 cm³/mol. The molecule has 0 aliphatic carbocycles. The lowest BCUT2D eigenvalue weighted by Gasteiger charge is -2.29. The number of nitrogens with zero attached hydrogens (tertiary/aromatic N) is 2. The number of sulfonamides is 1. The van der Waals surface area contributed by atoms with Crippen molar-refractivity contribution in [3.8, 4) is 0 Å². The Morgan fingerprint density at radius 1 is 1.14 bits per heavy atom. The molecule has 1 amide bonds. The Hall–Kier alpha value is -2.51. The number of carbonyl (C=O) groups is 1. The number of halogens is 1. The van der Waals surface area contributed by atoms with Crippen LogP contribution in [0.4, 0.5) is 11.4 Å². The highest BCUT2D eigenvalue weighted by Gasteiger charge is 2.28. The monoisotopic (exact) mass is 417 g/mol. The summed E-state index contributed by atoms with van der Waals surface area (Å²) in [5, 5.41) is 4.17. The molecule has 2 heterocycles. The number of anilines is 2. The molecule has 4 rings (SSSR count). The minimum Gasteiger partial charge on any atom is -0.350 e. The molecule has 0 bridgehead atoms. The van der Waals surface area contributed by atoms with E-state index in [-0.39, 0.29) is 11.7 Å². The van der Waals surface area contributed by atoms with Gasteiger partial charge in [-0.1, -0.05) is 17.7 Å². The molecule has 0 radical (unpaired) electrons. The van der Waals surface area contributed by atoms with Gasteiger partial charge in [-0.15, -0.1) is 0 Å². The minimum absolute atomic E-state index is 0.0930. The van der Waals surface area contributed by atoms with Crippen molar-refractivity contribution in [1.82, 2.24) is 4.57 Å². The molecule has 146 valence electrons. The van der Waals surface area contributed by atoms with Crippen molar-refractivity contribution < 1.29 is 13.2 Å². The van der Waals surface area contributed by atoms with Crippen LogP contribution in [-0.4, -0.2) is 31.2 Å². The van der Waals surface area contributed by atoms with Crippen molar-refractivity contribution in [2.45, 2.75) is 12.8 Å². The Morgan fingerprint density at radius 3 is 2.75 bits per heavy atom. The number of benzene rings is 2. The van der Waals surface area contributed by atoms with Crippen LogP contribution in [0, 0.1) is 0 Å². The van der Waals surface area contributed by atoms with Gasteiger partial charge in [-0.25, -0.2) is 8.42 Å². The fourth-order valence-electron chi connectivity index (χ4n) is 3.51. The van der Waals surface area contributed by atoms with E-state index >= 15 is 0 Å². The lowest BCUT2D eigenvalue weighted by molar-refractivity contribution is 0.102. The van der Waals surface area contributed by atoms with E-state index in [9.17, 15) is 13.2 Å². The molecule has 6 nitrogen and oxygen atoms in total. The number of hydrogen-bond acceptors (Lipinski definition) is 3. The molecule has 2 aromatic carbocycles. The average Bonchev–Trinajstić information content (AvgIpc) is 3.04. The predicted octanol–water partition coefficient (Wildman–Crippen LogP) is 4.01. The summed E-state index contributed by atoms with van der Waals surface area (Å²) in [4.78, 5) is 12.8. The average molecular weight is 418 g/mol. The lowest BCUT2D eigenvalue weighted by atomic mass is 10.1. The first-order valence-electron chi connectivity index (χ1n) is 9.02. The first kappa shape index (κ1) is 18.8. The van der Waals surface area contributed by atoms with Crippen LogP contribution >= 0.6 is 11.6 Å². The highest BCUT2D eigenvalue weighted by Crippen LogP contribution is 2.32. The van der Waals surface area contributed by atoms with E-state index in [0.717, 1.165) is 17.3 Å². The summed E-state index contributed by atoms with van der Waals surface area (Å²) in [5.74, 6) is -0.223. The second-order valence-corrected chi connectivity index (χ2v) is 9.30.